The number of nitrogens with two attached hydrogens (primary N) is 1. The zero-order valence-corrected chi connectivity index (χ0v) is 11.2. The molecule has 3 nitrogen and oxygen atoms in total. The number of halogens is 2. The van der Waals surface area contributed by atoms with E-state index in [4.69, 9.17) is 5.73 Å². The third-order valence-corrected chi connectivity index (χ3v) is 3.83. The molecular weight excluding hydrogens is 280 g/mol. The predicted octanol–water partition coefficient (Wildman–Crippen LogP) is 3.72. The number of hydrogen-bond donors (Lipinski definition) is 2. The van der Waals surface area contributed by atoms with Crippen molar-refractivity contribution in [2.24, 2.45) is 0 Å². The summed E-state index contributed by atoms with van der Waals surface area (Å²) in [6.07, 6.45) is 0. The molecular formula is C14H11F2N3S. The Morgan fingerprint density at radius 2 is 1.95 bits per heavy atom. The van der Waals surface area contributed by atoms with E-state index in [2.05, 4.69) is 9.97 Å². The first-order valence-electron chi connectivity index (χ1n) is 5.94. The SMILES string of the molecule is Nc1ccc2nc(CSc3ccc(F)c(F)c3)[nH]c2c1. The maximum Gasteiger partial charge on any atom is 0.159 e. The normalized spacial score (nSPS) is 11.1. The zero-order chi connectivity index (χ0) is 14.1. The van der Waals surface area contributed by atoms with Crippen LogP contribution in [0.15, 0.2) is 41.3 Å². The smallest absolute Gasteiger partial charge is 0.159 e. The summed E-state index contributed by atoms with van der Waals surface area (Å²) < 4.78 is 25.9. The average molecular weight is 291 g/mol. The number of nitrogens with one attached hydrogen (secondary N) is 1. The summed E-state index contributed by atoms with van der Waals surface area (Å²) in [6.45, 7) is 0. The fraction of sp³-hybridized carbons (Fsp3) is 0.0714. The molecule has 0 aliphatic carbocycles. The second-order valence-electron chi connectivity index (χ2n) is 4.32. The van der Waals surface area contributed by atoms with Crippen LogP contribution in [0.1, 0.15) is 5.82 Å². The molecule has 0 fully saturated rings. The van der Waals surface area contributed by atoms with Crippen LogP contribution in [0.2, 0.25) is 0 Å². The first-order chi connectivity index (χ1) is 9.61. The number of H-pyrrole nitrogens is 1. The Morgan fingerprint density at radius 3 is 2.75 bits per heavy atom. The molecule has 2 aromatic carbocycles. The Balaban J connectivity index is 1.77. The van der Waals surface area contributed by atoms with E-state index in [9.17, 15) is 8.78 Å². The molecule has 0 saturated heterocycles. The Labute approximate surface area is 118 Å². The highest BCUT2D eigenvalue weighted by Crippen LogP contribution is 2.24. The Morgan fingerprint density at radius 1 is 1.10 bits per heavy atom. The lowest BCUT2D eigenvalue weighted by Crippen LogP contribution is -1.86. The third kappa shape index (κ3) is 2.60. The number of rotatable bonds is 3. The molecule has 20 heavy (non-hydrogen) atoms. The van der Waals surface area contributed by atoms with Crippen LogP contribution in [0.25, 0.3) is 11.0 Å². The molecule has 6 heteroatoms. The molecule has 0 bridgehead atoms. The van der Waals surface area contributed by atoms with Gasteiger partial charge in [-0.15, -0.1) is 11.8 Å². The number of nitrogens with zero attached hydrogens (tertiary/aromatic N) is 1. The highest BCUT2D eigenvalue weighted by molar-refractivity contribution is 7.98. The molecule has 102 valence electrons. The van der Waals surface area contributed by atoms with Crippen LogP contribution < -0.4 is 5.73 Å². The maximum atomic E-state index is 13.1. The summed E-state index contributed by atoms with van der Waals surface area (Å²) in [5.74, 6) is -0.374. The second kappa shape index (κ2) is 5.13. The van der Waals surface area contributed by atoms with Gasteiger partial charge in [0, 0.05) is 10.6 Å². The molecule has 0 spiro atoms. The van der Waals surface area contributed by atoms with Gasteiger partial charge < -0.3 is 10.7 Å². The van der Waals surface area contributed by atoms with Crippen molar-refractivity contribution in [1.29, 1.82) is 0 Å². The summed E-state index contributed by atoms with van der Waals surface area (Å²) in [7, 11) is 0. The van der Waals surface area contributed by atoms with Crippen molar-refractivity contribution in [1.82, 2.24) is 9.97 Å². The van der Waals surface area contributed by atoms with Crippen molar-refractivity contribution in [3.05, 3.63) is 53.9 Å². The molecule has 0 unspecified atom stereocenters. The summed E-state index contributed by atoms with van der Waals surface area (Å²) in [4.78, 5) is 8.22. The second-order valence-corrected chi connectivity index (χ2v) is 5.37. The molecule has 3 aromatic rings. The maximum absolute atomic E-state index is 13.1. The first-order valence-corrected chi connectivity index (χ1v) is 6.92. The minimum Gasteiger partial charge on any atom is -0.399 e. The topological polar surface area (TPSA) is 54.7 Å². The number of thioether (sulfide) groups is 1. The van der Waals surface area contributed by atoms with E-state index >= 15 is 0 Å². The van der Waals surface area contributed by atoms with Gasteiger partial charge in [0.2, 0.25) is 0 Å². The summed E-state index contributed by atoms with van der Waals surface area (Å²) in [6, 6.07) is 9.29. The summed E-state index contributed by atoms with van der Waals surface area (Å²) in [5, 5.41) is 0. The number of hydrogen-bond acceptors (Lipinski definition) is 3. The van der Waals surface area contributed by atoms with Crippen LogP contribution in [-0.2, 0) is 5.75 Å². The highest BCUT2D eigenvalue weighted by atomic mass is 32.2. The average Bonchev–Trinajstić information content (AvgIpc) is 2.82. The van der Waals surface area contributed by atoms with Crippen LogP contribution in [-0.4, -0.2) is 9.97 Å². The molecule has 0 amide bonds. The van der Waals surface area contributed by atoms with E-state index in [1.807, 2.05) is 12.1 Å². The van der Waals surface area contributed by atoms with E-state index in [1.165, 1.54) is 17.8 Å². The minimum absolute atomic E-state index is 0.541. The number of fused-ring (bicyclic) bond motifs is 1. The standard InChI is InChI=1S/C14H11F2N3S/c15-10-3-2-9(6-11(10)16)20-7-14-18-12-4-1-8(17)5-13(12)19-14/h1-6H,7,17H2,(H,18,19). The lowest BCUT2D eigenvalue weighted by atomic mass is 10.3. The van der Waals surface area contributed by atoms with Crippen LogP contribution >= 0.6 is 11.8 Å². The van der Waals surface area contributed by atoms with Crippen molar-refractivity contribution < 1.29 is 8.78 Å². The molecule has 3 N–H and O–H groups in total. The molecule has 3 rings (SSSR count). The van der Waals surface area contributed by atoms with E-state index in [0.717, 1.165) is 22.9 Å². The molecule has 1 heterocycles. The Bertz CT molecular complexity index is 770. The summed E-state index contributed by atoms with van der Waals surface area (Å²) >= 11 is 1.38. The quantitative estimate of drug-likeness (QED) is 0.571. The Kier molecular flexibility index (Phi) is 3.31. The van der Waals surface area contributed by atoms with E-state index < -0.39 is 11.6 Å². The molecule has 0 atom stereocenters. The molecule has 0 saturated carbocycles. The van der Waals surface area contributed by atoms with Gasteiger partial charge in [-0.05, 0) is 36.4 Å². The fourth-order valence-corrected chi connectivity index (χ4v) is 2.66. The Hall–Kier alpha value is -2.08. The molecule has 0 aliphatic heterocycles. The van der Waals surface area contributed by atoms with Gasteiger partial charge in [-0.3, -0.25) is 0 Å². The van der Waals surface area contributed by atoms with Crippen LogP contribution in [0, 0.1) is 11.6 Å². The van der Waals surface area contributed by atoms with Gasteiger partial charge in [0.15, 0.2) is 11.6 Å². The number of aromatic nitrogens is 2. The van der Waals surface area contributed by atoms with Gasteiger partial charge in [0.25, 0.3) is 0 Å². The van der Waals surface area contributed by atoms with Gasteiger partial charge in [0.05, 0.1) is 16.8 Å². The van der Waals surface area contributed by atoms with Gasteiger partial charge in [-0.1, -0.05) is 0 Å². The monoisotopic (exact) mass is 291 g/mol. The van der Waals surface area contributed by atoms with E-state index in [1.54, 1.807) is 12.1 Å². The van der Waals surface area contributed by atoms with Gasteiger partial charge >= 0.3 is 0 Å². The van der Waals surface area contributed by atoms with Crippen molar-refractivity contribution in [3.63, 3.8) is 0 Å². The number of anilines is 1. The number of nitrogen functional groups attached to an aromatic ring is 1. The first kappa shape index (κ1) is 12.9. The van der Waals surface area contributed by atoms with Crippen LogP contribution in [0.5, 0.6) is 0 Å². The fourth-order valence-electron chi connectivity index (χ4n) is 1.87. The molecule has 1 aromatic heterocycles. The van der Waals surface area contributed by atoms with Crippen molar-refractivity contribution in [3.8, 4) is 0 Å². The van der Waals surface area contributed by atoms with E-state index in [0.29, 0.717) is 16.3 Å². The van der Waals surface area contributed by atoms with Crippen LogP contribution in [0.3, 0.4) is 0 Å². The van der Waals surface area contributed by atoms with Gasteiger partial charge in [-0.2, -0.15) is 0 Å². The van der Waals surface area contributed by atoms with Gasteiger partial charge in [0.1, 0.15) is 5.82 Å². The number of benzene rings is 2. The summed E-state index contributed by atoms with van der Waals surface area (Å²) in [5.41, 5.74) is 8.07. The zero-order valence-electron chi connectivity index (χ0n) is 10.4. The van der Waals surface area contributed by atoms with E-state index in [-0.39, 0.29) is 0 Å². The predicted molar refractivity (Wildman–Crippen MR) is 76.4 cm³/mol. The molecule has 0 aliphatic rings. The van der Waals surface area contributed by atoms with Crippen molar-refractivity contribution in [2.75, 3.05) is 5.73 Å². The lowest BCUT2D eigenvalue weighted by molar-refractivity contribution is 0.506. The lowest BCUT2D eigenvalue weighted by Gasteiger charge is -2.00. The number of imidazole rings is 1. The highest BCUT2D eigenvalue weighted by Gasteiger charge is 2.06. The number of aromatic amines is 1. The van der Waals surface area contributed by atoms with Crippen molar-refractivity contribution >= 4 is 28.5 Å². The van der Waals surface area contributed by atoms with Gasteiger partial charge in [-0.25, -0.2) is 13.8 Å². The van der Waals surface area contributed by atoms with Crippen LogP contribution in [0.4, 0.5) is 14.5 Å². The minimum atomic E-state index is -0.840. The largest absolute Gasteiger partial charge is 0.399 e. The van der Waals surface area contributed by atoms with Crippen molar-refractivity contribution in [2.45, 2.75) is 10.6 Å². The third-order valence-electron chi connectivity index (χ3n) is 2.82. The molecule has 0 radical (unpaired) electrons.